The van der Waals surface area contributed by atoms with E-state index in [1.807, 2.05) is 0 Å². The van der Waals surface area contributed by atoms with Gasteiger partial charge in [0, 0.05) is 18.7 Å². The molecule has 0 amide bonds. The van der Waals surface area contributed by atoms with E-state index in [4.69, 9.17) is 5.26 Å². The molecule has 0 aromatic carbocycles. The van der Waals surface area contributed by atoms with Crippen molar-refractivity contribution in [3.8, 4) is 6.07 Å². The third-order valence-electron chi connectivity index (χ3n) is 3.04. The summed E-state index contributed by atoms with van der Waals surface area (Å²) in [6.45, 7) is 0.666. The van der Waals surface area contributed by atoms with E-state index in [1.165, 1.54) is 10.7 Å². The average Bonchev–Trinajstić information content (AvgIpc) is 3.15. The van der Waals surface area contributed by atoms with Crippen LogP contribution in [0.15, 0.2) is 17.2 Å². The van der Waals surface area contributed by atoms with Gasteiger partial charge in [-0.3, -0.25) is 0 Å². The van der Waals surface area contributed by atoms with Gasteiger partial charge >= 0.3 is 5.69 Å². The van der Waals surface area contributed by atoms with Crippen LogP contribution in [0.1, 0.15) is 19.3 Å². The Kier molecular flexibility index (Phi) is 2.48. The summed E-state index contributed by atoms with van der Waals surface area (Å²) in [5, 5.41) is 15.0. The molecule has 0 spiro atoms. The Morgan fingerprint density at radius 1 is 1.61 bits per heavy atom. The maximum absolute atomic E-state index is 11.3. The number of aromatic amines is 1. The molecule has 0 saturated heterocycles. The number of nitriles is 1. The molecule has 2 heterocycles. The fraction of sp³-hybridized carbons (Fsp3) is 0.455. The van der Waals surface area contributed by atoms with E-state index in [-0.39, 0.29) is 5.69 Å². The summed E-state index contributed by atoms with van der Waals surface area (Å²) < 4.78 is 1.36. The highest BCUT2D eigenvalue weighted by Crippen LogP contribution is 2.30. The molecule has 7 nitrogen and oxygen atoms in total. The SMILES string of the molecule is N#CCCN(c1cc2n[nH]c(=O)n2cn1)C1CC1. The van der Waals surface area contributed by atoms with Crippen molar-refractivity contribution in [2.24, 2.45) is 0 Å². The van der Waals surface area contributed by atoms with Crippen LogP contribution in [0.2, 0.25) is 0 Å². The quantitative estimate of drug-likeness (QED) is 0.835. The molecule has 0 radical (unpaired) electrons. The topological polar surface area (TPSA) is 90.1 Å². The van der Waals surface area contributed by atoms with E-state index in [2.05, 4.69) is 26.2 Å². The van der Waals surface area contributed by atoms with Crippen molar-refractivity contribution in [3.63, 3.8) is 0 Å². The number of rotatable bonds is 4. The predicted molar refractivity (Wildman–Crippen MR) is 64.2 cm³/mol. The van der Waals surface area contributed by atoms with E-state index >= 15 is 0 Å². The van der Waals surface area contributed by atoms with Crippen LogP contribution in [0.25, 0.3) is 5.65 Å². The second kappa shape index (κ2) is 4.14. The molecule has 0 bridgehead atoms. The number of nitrogens with one attached hydrogen (secondary N) is 1. The third-order valence-corrected chi connectivity index (χ3v) is 3.04. The predicted octanol–water partition coefficient (Wildman–Crippen LogP) is 0.300. The second-order valence-corrected chi connectivity index (χ2v) is 4.34. The zero-order chi connectivity index (χ0) is 12.5. The summed E-state index contributed by atoms with van der Waals surface area (Å²) in [6.07, 6.45) is 4.20. The molecule has 1 saturated carbocycles. The highest BCUT2D eigenvalue weighted by atomic mass is 16.1. The third kappa shape index (κ3) is 1.82. The first kappa shape index (κ1) is 10.8. The van der Waals surface area contributed by atoms with Gasteiger partial charge in [-0.25, -0.2) is 19.3 Å². The second-order valence-electron chi connectivity index (χ2n) is 4.34. The van der Waals surface area contributed by atoms with Crippen LogP contribution in [0.3, 0.4) is 0 Å². The number of H-pyrrole nitrogens is 1. The van der Waals surface area contributed by atoms with Crippen LogP contribution in [0.5, 0.6) is 0 Å². The minimum atomic E-state index is -0.293. The molecule has 0 atom stereocenters. The molecule has 1 aliphatic carbocycles. The Bertz CT molecular complexity index is 662. The molecule has 0 aliphatic heterocycles. The van der Waals surface area contributed by atoms with Crippen molar-refractivity contribution in [1.82, 2.24) is 19.6 Å². The lowest BCUT2D eigenvalue weighted by molar-refractivity contribution is 0.774. The van der Waals surface area contributed by atoms with Gasteiger partial charge in [-0.2, -0.15) is 10.4 Å². The highest BCUT2D eigenvalue weighted by molar-refractivity contribution is 5.51. The number of aromatic nitrogens is 4. The van der Waals surface area contributed by atoms with Crippen molar-refractivity contribution >= 4 is 11.5 Å². The maximum Gasteiger partial charge on any atom is 0.348 e. The Morgan fingerprint density at radius 2 is 2.44 bits per heavy atom. The lowest BCUT2D eigenvalue weighted by atomic mass is 10.3. The number of hydrogen-bond donors (Lipinski definition) is 1. The van der Waals surface area contributed by atoms with Crippen LogP contribution in [0, 0.1) is 11.3 Å². The minimum Gasteiger partial charge on any atom is -0.352 e. The van der Waals surface area contributed by atoms with Gasteiger partial charge in [0.1, 0.15) is 12.1 Å². The van der Waals surface area contributed by atoms with Gasteiger partial charge in [-0.1, -0.05) is 0 Å². The monoisotopic (exact) mass is 244 g/mol. The van der Waals surface area contributed by atoms with Crippen LogP contribution >= 0.6 is 0 Å². The normalized spacial score (nSPS) is 14.6. The van der Waals surface area contributed by atoms with Gasteiger partial charge in [0.25, 0.3) is 0 Å². The largest absolute Gasteiger partial charge is 0.352 e. The molecular formula is C11H12N6O. The number of hydrogen-bond acceptors (Lipinski definition) is 5. The number of fused-ring (bicyclic) bond motifs is 1. The summed E-state index contributed by atoms with van der Waals surface area (Å²) in [7, 11) is 0. The van der Waals surface area contributed by atoms with E-state index in [0.29, 0.717) is 24.7 Å². The Hall–Kier alpha value is -2.36. The lowest BCUT2D eigenvalue weighted by Gasteiger charge is -2.21. The molecule has 2 aromatic rings. The van der Waals surface area contributed by atoms with Crippen molar-refractivity contribution < 1.29 is 0 Å². The smallest absolute Gasteiger partial charge is 0.348 e. The molecule has 0 unspecified atom stereocenters. The maximum atomic E-state index is 11.3. The fourth-order valence-electron chi connectivity index (χ4n) is 2.00. The molecule has 1 fully saturated rings. The van der Waals surface area contributed by atoms with Crippen LogP contribution in [-0.2, 0) is 0 Å². The van der Waals surface area contributed by atoms with E-state index in [9.17, 15) is 4.79 Å². The summed E-state index contributed by atoms with van der Waals surface area (Å²) in [6, 6.07) is 4.39. The first-order chi connectivity index (χ1) is 8.79. The molecule has 92 valence electrons. The Labute approximate surface area is 103 Å². The Balaban J connectivity index is 1.96. The first-order valence-electron chi connectivity index (χ1n) is 5.86. The van der Waals surface area contributed by atoms with Crippen molar-refractivity contribution in [1.29, 1.82) is 5.26 Å². The van der Waals surface area contributed by atoms with E-state index < -0.39 is 0 Å². The van der Waals surface area contributed by atoms with Crippen molar-refractivity contribution in [3.05, 3.63) is 22.9 Å². The van der Waals surface area contributed by atoms with Gasteiger partial charge in [-0.15, -0.1) is 0 Å². The fourth-order valence-corrected chi connectivity index (χ4v) is 2.00. The van der Waals surface area contributed by atoms with Crippen molar-refractivity contribution in [2.45, 2.75) is 25.3 Å². The molecule has 7 heteroatoms. The van der Waals surface area contributed by atoms with Gasteiger partial charge in [0.15, 0.2) is 5.65 Å². The lowest BCUT2D eigenvalue weighted by Crippen LogP contribution is -2.27. The summed E-state index contributed by atoms with van der Waals surface area (Å²) in [5.41, 5.74) is 0.256. The average molecular weight is 244 g/mol. The van der Waals surface area contributed by atoms with Gasteiger partial charge in [0.05, 0.1) is 12.5 Å². The number of nitrogens with zero attached hydrogens (tertiary/aromatic N) is 5. The first-order valence-corrected chi connectivity index (χ1v) is 5.86. The van der Waals surface area contributed by atoms with Crippen LogP contribution in [-0.4, -0.2) is 32.2 Å². The van der Waals surface area contributed by atoms with E-state index in [1.54, 1.807) is 6.07 Å². The Morgan fingerprint density at radius 3 is 3.17 bits per heavy atom. The van der Waals surface area contributed by atoms with Crippen LogP contribution in [0.4, 0.5) is 5.82 Å². The van der Waals surface area contributed by atoms with E-state index in [0.717, 1.165) is 18.7 Å². The van der Waals surface area contributed by atoms with Gasteiger partial charge in [-0.05, 0) is 12.8 Å². The van der Waals surface area contributed by atoms with Crippen LogP contribution < -0.4 is 10.6 Å². The molecule has 1 aliphatic rings. The molecular weight excluding hydrogens is 232 g/mol. The molecule has 1 N–H and O–H groups in total. The molecule has 2 aromatic heterocycles. The molecule has 18 heavy (non-hydrogen) atoms. The summed E-state index contributed by atoms with van der Waals surface area (Å²) in [4.78, 5) is 17.7. The summed E-state index contributed by atoms with van der Waals surface area (Å²) in [5.74, 6) is 0.777. The summed E-state index contributed by atoms with van der Waals surface area (Å²) >= 11 is 0. The van der Waals surface area contributed by atoms with Crippen molar-refractivity contribution in [2.75, 3.05) is 11.4 Å². The zero-order valence-electron chi connectivity index (χ0n) is 9.70. The standard InChI is InChI=1S/C11H12N6O/c12-4-1-5-16(8-2-3-8)9-6-10-14-15-11(18)17(10)7-13-9/h6-8H,1-3,5H2,(H,15,18). The molecule has 3 rings (SSSR count). The minimum absolute atomic E-state index is 0.293. The van der Waals surface area contributed by atoms with Gasteiger partial charge < -0.3 is 4.90 Å². The van der Waals surface area contributed by atoms with Gasteiger partial charge in [0.2, 0.25) is 0 Å². The zero-order valence-corrected chi connectivity index (χ0v) is 9.70. The highest BCUT2D eigenvalue weighted by Gasteiger charge is 2.29. The number of anilines is 1.